The second kappa shape index (κ2) is 5.61. The molecule has 0 unspecified atom stereocenters. The molecule has 0 aromatic heterocycles. The van der Waals surface area contributed by atoms with Gasteiger partial charge >= 0.3 is 0 Å². The summed E-state index contributed by atoms with van der Waals surface area (Å²) in [6.45, 7) is 4.24. The molecule has 0 saturated carbocycles. The van der Waals surface area contributed by atoms with Gasteiger partial charge in [0.2, 0.25) is 0 Å². The van der Waals surface area contributed by atoms with E-state index in [-0.39, 0.29) is 0 Å². The number of halogens is 1. The van der Waals surface area contributed by atoms with Crippen molar-refractivity contribution >= 4 is 23.0 Å². The van der Waals surface area contributed by atoms with Crippen molar-refractivity contribution in [3.05, 3.63) is 28.8 Å². The predicted molar refractivity (Wildman–Crippen MR) is 64.1 cm³/mol. The Morgan fingerprint density at radius 3 is 2.87 bits per heavy atom. The van der Waals surface area contributed by atoms with Gasteiger partial charge in [-0.15, -0.1) is 0 Å². The number of nitrogens with zero attached hydrogens (tertiary/aromatic N) is 1. The molecule has 0 aliphatic heterocycles. The van der Waals surface area contributed by atoms with E-state index < -0.39 is 0 Å². The Hall–Kier alpha value is -1.22. The van der Waals surface area contributed by atoms with Gasteiger partial charge in [0.1, 0.15) is 6.61 Å². The van der Waals surface area contributed by atoms with E-state index in [4.69, 9.17) is 22.2 Å². The lowest BCUT2D eigenvalue weighted by Gasteiger charge is -2.06. The SMILES string of the molecule is CCC(C)=NOCc1c(N)cccc1Cl. The Kier molecular flexibility index (Phi) is 4.43. The summed E-state index contributed by atoms with van der Waals surface area (Å²) in [5, 5.41) is 4.53. The van der Waals surface area contributed by atoms with Crippen LogP contribution in [-0.4, -0.2) is 5.71 Å². The summed E-state index contributed by atoms with van der Waals surface area (Å²) < 4.78 is 0. The van der Waals surface area contributed by atoms with Crippen LogP contribution in [0.15, 0.2) is 23.4 Å². The van der Waals surface area contributed by atoms with Gasteiger partial charge < -0.3 is 10.6 Å². The lowest BCUT2D eigenvalue weighted by atomic mass is 10.2. The third-order valence-corrected chi connectivity index (χ3v) is 2.45. The maximum absolute atomic E-state index is 5.97. The molecule has 0 aliphatic carbocycles. The molecule has 3 nitrogen and oxygen atoms in total. The highest BCUT2D eigenvalue weighted by Gasteiger charge is 2.04. The van der Waals surface area contributed by atoms with E-state index in [1.54, 1.807) is 12.1 Å². The normalized spacial score (nSPS) is 11.5. The monoisotopic (exact) mass is 226 g/mol. The number of anilines is 1. The second-order valence-corrected chi connectivity index (χ2v) is 3.67. The number of benzene rings is 1. The molecule has 82 valence electrons. The molecule has 0 aliphatic rings. The van der Waals surface area contributed by atoms with E-state index >= 15 is 0 Å². The standard InChI is InChI=1S/C11H15ClN2O/c1-3-8(2)14-15-7-9-10(12)5-4-6-11(9)13/h4-6H,3,7,13H2,1-2H3. The van der Waals surface area contributed by atoms with Crippen LogP contribution < -0.4 is 5.73 Å². The molecule has 1 aromatic carbocycles. The van der Waals surface area contributed by atoms with Crippen molar-refractivity contribution in [2.24, 2.45) is 5.16 Å². The molecule has 0 bridgehead atoms. The molecular formula is C11H15ClN2O. The van der Waals surface area contributed by atoms with Crippen LogP contribution in [-0.2, 0) is 11.4 Å². The van der Waals surface area contributed by atoms with Crippen molar-refractivity contribution in [2.75, 3.05) is 5.73 Å². The van der Waals surface area contributed by atoms with Crippen molar-refractivity contribution in [1.29, 1.82) is 0 Å². The Labute approximate surface area is 94.9 Å². The minimum atomic E-state index is 0.308. The van der Waals surface area contributed by atoms with Gasteiger partial charge in [0.05, 0.1) is 5.71 Å². The van der Waals surface area contributed by atoms with Crippen LogP contribution in [0.1, 0.15) is 25.8 Å². The number of nitrogen functional groups attached to an aromatic ring is 1. The molecule has 0 spiro atoms. The molecule has 0 fully saturated rings. The van der Waals surface area contributed by atoms with Crippen molar-refractivity contribution in [1.82, 2.24) is 0 Å². The summed E-state index contributed by atoms with van der Waals surface area (Å²) in [6, 6.07) is 5.38. The van der Waals surface area contributed by atoms with Gasteiger partial charge in [-0.3, -0.25) is 0 Å². The lowest BCUT2D eigenvalue weighted by Crippen LogP contribution is -1.98. The number of hydrogen-bond donors (Lipinski definition) is 1. The minimum Gasteiger partial charge on any atom is -0.398 e. The first-order valence-electron chi connectivity index (χ1n) is 4.83. The smallest absolute Gasteiger partial charge is 0.145 e. The number of hydrogen-bond acceptors (Lipinski definition) is 3. The molecule has 0 heterocycles. The Balaban J connectivity index is 2.65. The average Bonchev–Trinajstić information content (AvgIpc) is 2.22. The largest absolute Gasteiger partial charge is 0.398 e. The Morgan fingerprint density at radius 2 is 2.27 bits per heavy atom. The molecule has 15 heavy (non-hydrogen) atoms. The van der Waals surface area contributed by atoms with Gasteiger partial charge in [0.25, 0.3) is 0 Å². The van der Waals surface area contributed by atoms with Crippen molar-refractivity contribution < 1.29 is 4.84 Å². The molecule has 0 amide bonds. The van der Waals surface area contributed by atoms with Crippen LogP contribution in [0, 0.1) is 0 Å². The second-order valence-electron chi connectivity index (χ2n) is 3.26. The summed E-state index contributed by atoms with van der Waals surface area (Å²) in [4.78, 5) is 5.16. The zero-order chi connectivity index (χ0) is 11.3. The first kappa shape index (κ1) is 11.9. The van der Waals surface area contributed by atoms with E-state index in [9.17, 15) is 0 Å². The van der Waals surface area contributed by atoms with Crippen LogP contribution in [0.25, 0.3) is 0 Å². The summed E-state index contributed by atoms with van der Waals surface area (Å²) in [7, 11) is 0. The maximum Gasteiger partial charge on any atom is 0.145 e. The fraction of sp³-hybridized carbons (Fsp3) is 0.364. The van der Waals surface area contributed by atoms with Crippen LogP contribution in [0.4, 0.5) is 5.69 Å². The quantitative estimate of drug-likeness (QED) is 0.487. The maximum atomic E-state index is 5.97. The fourth-order valence-electron chi connectivity index (χ4n) is 0.999. The zero-order valence-corrected chi connectivity index (χ0v) is 9.71. The average molecular weight is 227 g/mol. The first-order chi connectivity index (χ1) is 7.15. The van der Waals surface area contributed by atoms with Gasteiger partial charge in [-0.05, 0) is 25.5 Å². The van der Waals surface area contributed by atoms with Crippen LogP contribution in [0.2, 0.25) is 5.02 Å². The number of rotatable bonds is 4. The van der Waals surface area contributed by atoms with E-state index in [1.807, 2.05) is 19.9 Å². The summed E-state index contributed by atoms with van der Waals surface area (Å²) in [5.74, 6) is 0. The number of nitrogens with two attached hydrogens (primary N) is 1. The Morgan fingerprint density at radius 1 is 1.53 bits per heavy atom. The minimum absolute atomic E-state index is 0.308. The fourth-order valence-corrected chi connectivity index (χ4v) is 1.24. The summed E-state index contributed by atoms with van der Waals surface area (Å²) in [6.07, 6.45) is 0.873. The zero-order valence-electron chi connectivity index (χ0n) is 8.96. The highest BCUT2D eigenvalue weighted by molar-refractivity contribution is 6.31. The van der Waals surface area contributed by atoms with Gasteiger partial charge in [-0.25, -0.2) is 0 Å². The third-order valence-electron chi connectivity index (χ3n) is 2.10. The Bertz CT molecular complexity index is 343. The molecule has 0 saturated heterocycles. The topological polar surface area (TPSA) is 47.6 Å². The van der Waals surface area contributed by atoms with E-state index in [1.165, 1.54) is 0 Å². The van der Waals surface area contributed by atoms with Gasteiger partial charge in [-0.1, -0.05) is 29.7 Å². The third kappa shape index (κ3) is 3.44. The van der Waals surface area contributed by atoms with Crippen LogP contribution in [0.5, 0.6) is 0 Å². The number of oxime groups is 1. The predicted octanol–water partition coefficient (Wildman–Crippen LogP) is 3.22. The van der Waals surface area contributed by atoms with Gasteiger partial charge in [0, 0.05) is 16.3 Å². The van der Waals surface area contributed by atoms with Crippen molar-refractivity contribution in [3.8, 4) is 0 Å². The van der Waals surface area contributed by atoms with E-state index in [0.29, 0.717) is 17.3 Å². The lowest BCUT2D eigenvalue weighted by molar-refractivity contribution is 0.130. The van der Waals surface area contributed by atoms with E-state index in [2.05, 4.69) is 5.16 Å². The molecule has 1 aromatic rings. The highest BCUT2D eigenvalue weighted by atomic mass is 35.5. The molecule has 0 radical (unpaired) electrons. The van der Waals surface area contributed by atoms with Crippen molar-refractivity contribution in [3.63, 3.8) is 0 Å². The highest BCUT2D eigenvalue weighted by Crippen LogP contribution is 2.22. The van der Waals surface area contributed by atoms with Crippen LogP contribution >= 0.6 is 11.6 Å². The van der Waals surface area contributed by atoms with Crippen molar-refractivity contribution in [2.45, 2.75) is 26.9 Å². The van der Waals surface area contributed by atoms with E-state index in [0.717, 1.165) is 17.7 Å². The van der Waals surface area contributed by atoms with Gasteiger partial charge in [-0.2, -0.15) is 0 Å². The summed E-state index contributed by atoms with van der Waals surface area (Å²) >= 11 is 5.97. The summed E-state index contributed by atoms with van der Waals surface area (Å²) in [5.41, 5.74) is 8.12. The molecule has 0 atom stereocenters. The molecule has 4 heteroatoms. The van der Waals surface area contributed by atoms with Crippen LogP contribution in [0.3, 0.4) is 0 Å². The first-order valence-corrected chi connectivity index (χ1v) is 5.21. The molecule has 1 rings (SSSR count). The molecule has 2 N–H and O–H groups in total. The molecular weight excluding hydrogens is 212 g/mol. The van der Waals surface area contributed by atoms with Gasteiger partial charge in [0.15, 0.2) is 0 Å².